The zero-order chi connectivity index (χ0) is 14.0. The maximum atomic E-state index is 11.7. The van der Waals surface area contributed by atoms with Crippen LogP contribution in [0.1, 0.15) is 20.3 Å². The van der Waals surface area contributed by atoms with Gasteiger partial charge in [0.15, 0.2) is 9.84 Å². The largest absolute Gasteiger partial charge is 0.368 e. The second kappa shape index (κ2) is 5.23. The Morgan fingerprint density at radius 1 is 1.44 bits per heavy atom. The van der Waals surface area contributed by atoms with Gasteiger partial charge in [0.1, 0.15) is 5.54 Å². The molecule has 0 bridgehead atoms. The van der Waals surface area contributed by atoms with Crippen LogP contribution < -0.4 is 16.4 Å². The summed E-state index contributed by atoms with van der Waals surface area (Å²) in [6, 6.07) is -0.410. The Hall–Kier alpha value is -1.15. The van der Waals surface area contributed by atoms with Crippen LogP contribution in [0, 0.1) is 0 Å². The Bertz CT molecular complexity index is 444. The van der Waals surface area contributed by atoms with Crippen LogP contribution in [0.5, 0.6) is 0 Å². The predicted molar refractivity (Wildman–Crippen MR) is 66.5 cm³/mol. The number of primary amides is 1. The van der Waals surface area contributed by atoms with E-state index in [0.717, 1.165) is 0 Å². The Balaban J connectivity index is 2.53. The van der Waals surface area contributed by atoms with E-state index in [1.807, 2.05) is 0 Å². The highest BCUT2D eigenvalue weighted by atomic mass is 32.2. The van der Waals surface area contributed by atoms with Crippen LogP contribution in [-0.2, 0) is 19.4 Å². The first-order valence-electron chi connectivity index (χ1n) is 5.67. The van der Waals surface area contributed by atoms with Crippen molar-refractivity contribution in [3.8, 4) is 0 Å². The highest BCUT2D eigenvalue weighted by Crippen LogP contribution is 2.07. The number of carbonyl (C=O) groups excluding carboxylic acids is 2. The molecule has 2 amide bonds. The molecule has 0 aliphatic carbocycles. The van der Waals surface area contributed by atoms with E-state index in [0.29, 0.717) is 6.54 Å². The van der Waals surface area contributed by atoms with Gasteiger partial charge >= 0.3 is 0 Å². The highest BCUT2D eigenvalue weighted by Gasteiger charge is 2.30. The number of nitrogens with two attached hydrogens (primary N) is 1. The van der Waals surface area contributed by atoms with E-state index in [2.05, 4.69) is 10.6 Å². The first kappa shape index (κ1) is 14.9. The maximum Gasteiger partial charge on any atom is 0.242 e. The zero-order valence-corrected chi connectivity index (χ0v) is 11.3. The van der Waals surface area contributed by atoms with E-state index in [9.17, 15) is 18.0 Å². The van der Waals surface area contributed by atoms with Crippen molar-refractivity contribution in [3.63, 3.8) is 0 Å². The van der Waals surface area contributed by atoms with Crippen molar-refractivity contribution in [2.24, 2.45) is 5.73 Å². The van der Waals surface area contributed by atoms with Gasteiger partial charge in [0.2, 0.25) is 11.8 Å². The summed E-state index contributed by atoms with van der Waals surface area (Å²) >= 11 is 0. The fraction of sp³-hybridized carbons (Fsp3) is 0.800. The molecule has 104 valence electrons. The molecule has 8 heteroatoms. The summed E-state index contributed by atoms with van der Waals surface area (Å²) in [7, 11) is -3.07. The van der Waals surface area contributed by atoms with Crippen molar-refractivity contribution >= 4 is 21.7 Å². The number of hydrogen-bond donors (Lipinski definition) is 3. The molecular weight excluding hydrogens is 258 g/mol. The van der Waals surface area contributed by atoms with E-state index >= 15 is 0 Å². The topological polar surface area (TPSA) is 118 Å². The van der Waals surface area contributed by atoms with Gasteiger partial charge in [0.05, 0.1) is 11.5 Å². The van der Waals surface area contributed by atoms with E-state index in [1.165, 1.54) is 13.8 Å². The van der Waals surface area contributed by atoms with Crippen LogP contribution in [0.15, 0.2) is 0 Å². The van der Waals surface area contributed by atoms with Gasteiger partial charge in [-0.1, -0.05) is 0 Å². The van der Waals surface area contributed by atoms with E-state index in [4.69, 9.17) is 5.73 Å². The molecule has 1 aliphatic heterocycles. The molecule has 1 fully saturated rings. The molecule has 1 heterocycles. The lowest BCUT2D eigenvalue weighted by molar-refractivity contribution is -0.130. The number of amides is 2. The molecule has 0 aromatic heterocycles. The van der Waals surface area contributed by atoms with Crippen LogP contribution in [0.3, 0.4) is 0 Å². The average molecular weight is 277 g/mol. The third kappa shape index (κ3) is 4.26. The normalized spacial score (nSPS) is 23.3. The number of hydrogen-bond acceptors (Lipinski definition) is 5. The number of sulfone groups is 1. The SMILES string of the molecule is CC(C)(NC(=O)CC1CS(=O)(=O)CCN1)C(N)=O. The Kier molecular flexibility index (Phi) is 4.33. The summed E-state index contributed by atoms with van der Waals surface area (Å²) in [6.45, 7) is 3.34. The summed E-state index contributed by atoms with van der Waals surface area (Å²) in [5.74, 6) is -0.997. The smallest absolute Gasteiger partial charge is 0.242 e. The number of carbonyl (C=O) groups is 2. The van der Waals surface area contributed by atoms with Crippen molar-refractivity contribution in [1.29, 1.82) is 0 Å². The third-order valence-corrected chi connectivity index (χ3v) is 4.54. The average Bonchev–Trinajstić information content (AvgIpc) is 2.13. The molecule has 0 radical (unpaired) electrons. The molecule has 1 unspecified atom stereocenters. The van der Waals surface area contributed by atoms with Gasteiger partial charge in [-0.2, -0.15) is 0 Å². The summed E-state index contributed by atoms with van der Waals surface area (Å²) in [5.41, 5.74) is 4.00. The van der Waals surface area contributed by atoms with Gasteiger partial charge in [-0.15, -0.1) is 0 Å². The van der Waals surface area contributed by atoms with Crippen molar-refractivity contribution in [2.45, 2.75) is 31.8 Å². The van der Waals surface area contributed by atoms with Crippen molar-refractivity contribution < 1.29 is 18.0 Å². The molecule has 1 saturated heterocycles. The molecular formula is C10H19N3O4S. The molecule has 0 saturated carbocycles. The molecule has 7 nitrogen and oxygen atoms in total. The van der Waals surface area contributed by atoms with Crippen molar-refractivity contribution in [3.05, 3.63) is 0 Å². The maximum absolute atomic E-state index is 11.7. The Labute approximate surface area is 106 Å². The minimum absolute atomic E-state index is 0.00986. The van der Waals surface area contributed by atoms with Crippen LogP contribution in [-0.4, -0.2) is 49.9 Å². The lowest BCUT2D eigenvalue weighted by Crippen LogP contribution is -2.55. The van der Waals surface area contributed by atoms with Crippen LogP contribution in [0.4, 0.5) is 0 Å². The quantitative estimate of drug-likeness (QED) is 0.557. The molecule has 1 atom stereocenters. The van der Waals surface area contributed by atoms with Gasteiger partial charge in [0.25, 0.3) is 0 Å². The second-order valence-electron chi connectivity index (χ2n) is 5.01. The van der Waals surface area contributed by atoms with E-state index < -0.39 is 33.2 Å². The number of nitrogens with one attached hydrogen (secondary N) is 2. The van der Waals surface area contributed by atoms with Gasteiger partial charge in [-0.05, 0) is 13.8 Å². The zero-order valence-electron chi connectivity index (χ0n) is 10.5. The van der Waals surface area contributed by atoms with Gasteiger partial charge < -0.3 is 16.4 Å². The Morgan fingerprint density at radius 2 is 2.06 bits per heavy atom. The lowest BCUT2D eigenvalue weighted by atomic mass is 10.0. The summed E-state index contributed by atoms with van der Waals surface area (Å²) in [4.78, 5) is 22.7. The highest BCUT2D eigenvalue weighted by molar-refractivity contribution is 7.91. The van der Waals surface area contributed by atoms with E-state index in [-0.39, 0.29) is 17.9 Å². The van der Waals surface area contributed by atoms with Crippen molar-refractivity contribution in [1.82, 2.24) is 10.6 Å². The molecule has 18 heavy (non-hydrogen) atoms. The predicted octanol–water partition coefficient (Wildman–Crippen LogP) is -1.86. The van der Waals surface area contributed by atoms with Crippen LogP contribution in [0.25, 0.3) is 0 Å². The fourth-order valence-electron chi connectivity index (χ4n) is 1.68. The molecule has 0 aromatic carbocycles. The summed E-state index contributed by atoms with van der Waals surface area (Å²) < 4.78 is 22.8. The summed E-state index contributed by atoms with van der Waals surface area (Å²) in [5, 5.41) is 5.45. The van der Waals surface area contributed by atoms with E-state index in [1.54, 1.807) is 0 Å². The fourth-order valence-corrected chi connectivity index (χ4v) is 3.13. The first-order valence-corrected chi connectivity index (χ1v) is 7.49. The molecule has 1 rings (SSSR count). The lowest BCUT2D eigenvalue weighted by Gasteiger charge is -2.26. The molecule has 0 spiro atoms. The standard InChI is InChI=1S/C10H19N3O4S/c1-10(2,9(11)15)13-8(14)5-7-6-18(16,17)4-3-12-7/h7,12H,3-6H2,1-2H3,(H2,11,15)(H,13,14). The third-order valence-electron chi connectivity index (χ3n) is 2.80. The number of rotatable bonds is 4. The van der Waals surface area contributed by atoms with Gasteiger partial charge in [-0.3, -0.25) is 9.59 Å². The molecule has 1 aliphatic rings. The van der Waals surface area contributed by atoms with Gasteiger partial charge in [-0.25, -0.2) is 8.42 Å². The minimum Gasteiger partial charge on any atom is -0.368 e. The molecule has 4 N–H and O–H groups in total. The van der Waals surface area contributed by atoms with Crippen molar-refractivity contribution in [2.75, 3.05) is 18.1 Å². The molecule has 0 aromatic rings. The monoisotopic (exact) mass is 277 g/mol. The Morgan fingerprint density at radius 3 is 2.56 bits per heavy atom. The minimum atomic E-state index is -3.07. The first-order chi connectivity index (χ1) is 8.12. The second-order valence-corrected chi connectivity index (χ2v) is 7.24. The summed E-state index contributed by atoms with van der Waals surface area (Å²) in [6.07, 6.45) is 0.00986. The van der Waals surface area contributed by atoms with Crippen LogP contribution >= 0.6 is 0 Å². The van der Waals surface area contributed by atoms with Crippen LogP contribution in [0.2, 0.25) is 0 Å². The van der Waals surface area contributed by atoms with Gasteiger partial charge in [0, 0.05) is 19.0 Å².